The molecule has 1 fully saturated rings. The molecule has 32 heavy (non-hydrogen) atoms. The Hall–Kier alpha value is -2.87. The van der Waals surface area contributed by atoms with Crippen molar-refractivity contribution in [2.24, 2.45) is 0 Å². The van der Waals surface area contributed by atoms with Crippen LogP contribution in [-0.2, 0) is 4.74 Å². The number of aryl methyl sites for hydroxylation is 2. The van der Waals surface area contributed by atoms with Gasteiger partial charge >= 0.3 is 6.09 Å². The second kappa shape index (κ2) is 10.2. The molecule has 1 aromatic carbocycles. The van der Waals surface area contributed by atoms with Gasteiger partial charge in [0.2, 0.25) is 0 Å². The molecule has 8 nitrogen and oxygen atoms in total. The maximum atomic E-state index is 12.4. The third-order valence-corrected chi connectivity index (χ3v) is 5.34. The molecule has 0 radical (unpaired) electrons. The van der Waals surface area contributed by atoms with Gasteiger partial charge in [0, 0.05) is 44.0 Å². The van der Waals surface area contributed by atoms with Crippen molar-refractivity contribution < 1.29 is 14.3 Å². The Morgan fingerprint density at radius 3 is 2.28 bits per heavy atom. The van der Waals surface area contributed by atoms with Crippen LogP contribution >= 0.6 is 0 Å². The molecule has 2 amide bonds. The average molecular weight is 442 g/mol. The predicted octanol–water partition coefficient (Wildman–Crippen LogP) is 3.16. The molecular formula is C24H35N5O3. The van der Waals surface area contributed by atoms with Gasteiger partial charge in [0.25, 0.3) is 5.91 Å². The van der Waals surface area contributed by atoms with Crippen LogP contribution in [0.3, 0.4) is 0 Å². The van der Waals surface area contributed by atoms with Gasteiger partial charge in [-0.1, -0.05) is 0 Å². The van der Waals surface area contributed by atoms with Gasteiger partial charge in [-0.2, -0.15) is 5.10 Å². The number of hydrogen-bond acceptors (Lipinski definition) is 5. The number of rotatable bonds is 6. The van der Waals surface area contributed by atoms with Gasteiger partial charge in [-0.3, -0.25) is 9.69 Å². The molecule has 1 aromatic heterocycles. The highest BCUT2D eigenvalue weighted by molar-refractivity contribution is 5.94. The van der Waals surface area contributed by atoms with Gasteiger partial charge in [-0.05, 0) is 77.9 Å². The third-order valence-electron chi connectivity index (χ3n) is 5.34. The molecular weight excluding hydrogens is 406 g/mol. The summed E-state index contributed by atoms with van der Waals surface area (Å²) in [4.78, 5) is 28.7. The third kappa shape index (κ3) is 6.56. The van der Waals surface area contributed by atoms with Crippen molar-refractivity contribution in [2.75, 3.05) is 39.3 Å². The number of ether oxygens (including phenoxy) is 1. The fourth-order valence-corrected chi connectivity index (χ4v) is 3.73. The number of benzene rings is 1. The van der Waals surface area contributed by atoms with E-state index in [0.717, 1.165) is 43.1 Å². The van der Waals surface area contributed by atoms with E-state index >= 15 is 0 Å². The van der Waals surface area contributed by atoms with Crippen molar-refractivity contribution in [1.82, 2.24) is 24.9 Å². The molecule has 0 aliphatic carbocycles. The van der Waals surface area contributed by atoms with Crippen LogP contribution in [0.1, 0.15) is 48.9 Å². The summed E-state index contributed by atoms with van der Waals surface area (Å²) in [5, 5.41) is 7.47. The molecule has 2 aromatic rings. The zero-order valence-corrected chi connectivity index (χ0v) is 19.9. The van der Waals surface area contributed by atoms with Gasteiger partial charge in [0.1, 0.15) is 5.60 Å². The lowest BCUT2D eigenvalue weighted by Gasteiger charge is -2.35. The van der Waals surface area contributed by atoms with Gasteiger partial charge in [0.15, 0.2) is 0 Å². The second-order valence-corrected chi connectivity index (χ2v) is 9.30. The number of nitrogens with zero attached hydrogens (tertiary/aromatic N) is 4. The monoisotopic (exact) mass is 441 g/mol. The predicted molar refractivity (Wildman–Crippen MR) is 124 cm³/mol. The average Bonchev–Trinajstić information content (AvgIpc) is 3.08. The molecule has 1 saturated heterocycles. The maximum absolute atomic E-state index is 12.4. The van der Waals surface area contributed by atoms with Crippen molar-refractivity contribution in [1.29, 1.82) is 0 Å². The summed E-state index contributed by atoms with van der Waals surface area (Å²) in [6.45, 7) is 14.1. The zero-order valence-electron chi connectivity index (χ0n) is 19.9. The largest absolute Gasteiger partial charge is 0.444 e. The van der Waals surface area contributed by atoms with E-state index in [4.69, 9.17) is 4.74 Å². The highest BCUT2D eigenvalue weighted by atomic mass is 16.6. The van der Waals surface area contributed by atoms with E-state index in [2.05, 4.69) is 15.3 Å². The summed E-state index contributed by atoms with van der Waals surface area (Å²) in [5.74, 6) is -0.0698. The lowest BCUT2D eigenvalue weighted by atomic mass is 10.2. The molecule has 1 aliphatic rings. The number of amides is 2. The normalized spacial score (nSPS) is 15.0. The van der Waals surface area contributed by atoms with E-state index in [1.54, 1.807) is 4.90 Å². The van der Waals surface area contributed by atoms with Crippen LogP contribution in [0.4, 0.5) is 4.79 Å². The number of aromatic nitrogens is 2. The standard InChI is InChI=1S/C24H35N5O3/c1-18-17-19(2)29(26-18)21-9-7-20(8-10-21)22(30)25-11-6-12-27-13-15-28(16-14-27)23(31)32-24(3,4)5/h7-10,17H,6,11-16H2,1-5H3,(H,25,30). The first-order valence-corrected chi connectivity index (χ1v) is 11.2. The van der Waals surface area contributed by atoms with Crippen molar-refractivity contribution in [3.63, 3.8) is 0 Å². The molecule has 0 unspecified atom stereocenters. The van der Waals surface area contributed by atoms with Gasteiger partial charge in [-0.15, -0.1) is 0 Å². The van der Waals surface area contributed by atoms with E-state index in [0.29, 0.717) is 25.2 Å². The molecule has 0 atom stereocenters. The SMILES string of the molecule is Cc1cc(C)n(-c2ccc(C(=O)NCCCN3CCN(C(=O)OC(C)(C)C)CC3)cc2)n1. The minimum atomic E-state index is -0.468. The van der Waals surface area contributed by atoms with Gasteiger partial charge < -0.3 is 15.0 Å². The molecule has 1 aliphatic heterocycles. The fraction of sp³-hybridized carbons (Fsp3) is 0.542. The lowest BCUT2D eigenvalue weighted by molar-refractivity contribution is 0.0144. The summed E-state index contributed by atoms with van der Waals surface area (Å²) < 4.78 is 7.31. The first-order valence-electron chi connectivity index (χ1n) is 11.2. The molecule has 0 saturated carbocycles. The van der Waals surface area contributed by atoms with Crippen molar-refractivity contribution in [2.45, 2.75) is 46.6 Å². The van der Waals surface area contributed by atoms with Crippen molar-refractivity contribution in [3.05, 3.63) is 47.3 Å². The smallest absolute Gasteiger partial charge is 0.410 e. The van der Waals surface area contributed by atoms with Crippen molar-refractivity contribution in [3.8, 4) is 5.69 Å². The summed E-state index contributed by atoms with van der Waals surface area (Å²) in [6.07, 6.45) is 0.621. The van der Waals surface area contributed by atoms with Gasteiger partial charge in [-0.25, -0.2) is 9.48 Å². The maximum Gasteiger partial charge on any atom is 0.410 e. The number of carbonyl (C=O) groups excluding carboxylic acids is 2. The summed E-state index contributed by atoms with van der Waals surface area (Å²) in [6, 6.07) is 9.52. The molecule has 1 N–H and O–H groups in total. The van der Waals surface area contributed by atoms with E-state index in [9.17, 15) is 9.59 Å². The molecule has 0 bridgehead atoms. The van der Waals surface area contributed by atoms with Crippen LogP contribution < -0.4 is 5.32 Å². The minimum Gasteiger partial charge on any atom is -0.444 e. The Morgan fingerprint density at radius 2 is 1.72 bits per heavy atom. The lowest BCUT2D eigenvalue weighted by Crippen LogP contribution is -2.50. The highest BCUT2D eigenvalue weighted by Crippen LogP contribution is 2.14. The molecule has 174 valence electrons. The van der Waals surface area contributed by atoms with Crippen LogP contribution in [0.2, 0.25) is 0 Å². The molecule has 0 spiro atoms. The molecule has 3 rings (SSSR count). The number of nitrogens with one attached hydrogen (secondary N) is 1. The molecule has 8 heteroatoms. The Balaban J connectivity index is 1.37. The zero-order chi connectivity index (χ0) is 23.3. The Morgan fingerprint density at radius 1 is 1.06 bits per heavy atom. The first-order chi connectivity index (χ1) is 15.1. The van der Waals surface area contributed by atoms with Gasteiger partial charge in [0.05, 0.1) is 11.4 Å². The van der Waals surface area contributed by atoms with Crippen LogP contribution in [0, 0.1) is 13.8 Å². The Kier molecular flexibility index (Phi) is 7.56. The van der Waals surface area contributed by atoms with E-state index < -0.39 is 5.60 Å². The van der Waals surface area contributed by atoms with Crippen molar-refractivity contribution >= 4 is 12.0 Å². The number of hydrogen-bond donors (Lipinski definition) is 1. The molecule has 2 heterocycles. The van der Waals surface area contributed by atoms with E-state index in [-0.39, 0.29) is 12.0 Å². The Labute approximate surface area is 190 Å². The quantitative estimate of drug-likeness (QED) is 0.697. The van der Waals surface area contributed by atoms with Crippen LogP contribution in [-0.4, -0.2) is 76.5 Å². The summed E-state index contributed by atoms with van der Waals surface area (Å²) >= 11 is 0. The Bertz CT molecular complexity index is 922. The van der Waals surface area contributed by atoms with E-state index in [1.165, 1.54) is 0 Å². The highest BCUT2D eigenvalue weighted by Gasteiger charge is 2.25. The number of carbonyl (C=O) groups is 2. The fourth-order valence-electron chi connectivity index (χ4n) is 3.73. The van der Waals surface area contributed by atoms with Crippen LogP contribution in [0.5, 0.6) is 0 Å². The van der Waals surface area contributed by atoms with Crippen LogP contribution in [0.25, 0.3) is 5.69 Å². The summed E-state index contributed by atoms with van der Waals surface area (Å²) in [5.41, 5.74) is 3.14. The first kappa shape index (κ1) is 23.8. The second-order valence-electron chi connectivity index (χ2n) is 9.30. The van der Waals surface area contributed by atoms with E-state index in [1.807, 2.05) is 69.6 Å². The summed E-state index contributed by atoms with van der Waals surface area (Å²) in [7, 11) is 0. The minimum absolute atomic E-state index is 0.0698. The topological polar surface area (TPSA) is 79.7 Å². The number of piperazine rings is 1. The van der Waals surface area contributed by atoms with Crippen LogP contribution in [0.15, 0.2) is 30.3 Å².